The molecule has 1 aromatic rings. The van der Waals surface area contributed by atoms with Crippen molar-refractivity contribution >= 4 is 23.1 Å². The number of thiophene rings is 1. The van der Waals surface area contributed by atoms with Gasteiger partial charge in [0.05, 0.1) is 4.21 Å². The molecule has 0 saturated carbocycles. The molecule has 0 amide bonds. The van der Waals surface area contributed by atoms with Gasteiger partial charge in [-0.1, -0.05) is 26.3 Å². The summed E-state index contributed by atoms with van der Waals surface area (Å²) in [4.78, 5) is 0. The number of nitrogens with two attached hydrogens (primary N) is 1. The highest BCUT2D eigenvalue weighted by molar-refractivity contribution is 8.01. The van der Waals surface area contributed by atoms with Crippen LogP contribution in [0, 0.1) is 0 Å². The predicted molar refractivity (Wildman–Crippen MR) is 67.1 cm³/mol. The van der Waals surface area contributed by atoms with Crippen molar-refractivity contribution in [3.8, 4) is 0 Å². The van der Waals surface area contributed by atoms with E-state index < -0.39 is 0 Å². The summed E-state index contributed by atoms with van der Waals surface area (Å²) in [5.74, 6) is 0. The first-order chi connectivity index (χ1) is 6.77. The fourth-order valence-corrected chi connectivity index (χ4v) is 3.61. The Morgan fingerprint density at radius 1 is 1.50 bits per heavy atom. The predicted octanol–water partition coefficient (Wildman–Crippen LogP) is 3.75. The van der Waals surface area contributed by atoms with E-state index >= 15 is 0 Å². The summed E-state index contributed by atoms with van der Waals surface area (Å²) >= 11 is 3.75. The number of rotatable bonds is 6. The molecule has 0 saturated heterocycles. The number of thioether (sulfide) groups is 1. The second-order valence-electron chi connectivity index (χ2n) is 3.45. The second kappa shape index (κ2) is 6.49. The highest BCUT2D eigenvalue weighted by Gasteiger charge is 2.16. The maximum absolute atomic E-state index is 6.14. The van der Waals surface area contributed by atoms with Crippen molar-refractivity contribution in [1.82, 2.24) is 0 Å². The van der Waals surface area contributed by atoms with Gasteiger partial charge in [0.1, 0.15) is 0 Å². The third-order valence-corrected chi connectivity index (χ3v) is 4.86. The molecule has 0 aliphatic rings. The Hall–Kier alpha value is 0.01000. The summed E-state index contributed by atoms with van der Waals surface area (Å²) in [6.07, 6.45) is 3.48. The van der Waals surface area contributed by atoms with Crippen molar-refractivity contribution in [2.45, 2.75) is 48.6 Å². The Morgan fingerprint density at radius 2 is 2.29 bits per heavy atom. The average Bonchev–Trinajstić information content (AvgIpc) is 2.66. The molecule has 14 heavy (non-hydrogen) atoms. The van der Waals surface area contributed by atoms with Gasteiger partial charge >= 0.3 is 0 Å². The van der Waals surface area contributed by atoms with Crippen LogP contribution in [0.15, 0.2) is 21.7 Å². The smallest absolute Gasteiger partial charge is 0.0601 e. The van der Waals surface area contributed by atoms with E-state index in [2.05, 4.69) is 31.4 Å². The van der Waals surface area contributed by atoms with Gasteiger partial charge in [-0.05, 0) is 24.3 Å². The largest absolute Gasteiger partial charge is 0.327 e. The van der Waals surface area contributed by atoms with Crippen LogP contribution in [0.2, 0.25) is 0 Å². The SMILES string of the molecule is CCCC(N)C(CC)Sc1cccs1. The van der Waals surface area contributed by atoms with Gasteiger partial charge in [-0.15, -0.1) is 23.1 Å². The van der Waals surface area contributed by atoms with Crippen molar-refractivity contribution in [1.29, 1.82) is 0 Å². The van der Waals surface area contributed by atoms with Crippen molar-refractivity contribution in [3.63, 3.8) is 0 Å². The molecule has 1 heterocycles. The van der Waals surface area contributed by atoms with Crippen LogP contribution in [0.1, 0.15) is 33.1 Å². The lowest BCUT2D eigenvalue weighted by Gasteiger charge is -2.20. The van der Waals surface area contributed by atoms with E-state index in [1.807, 2.05) is 23.1 Å². The van der Waals surface area contributed by atoms with Crippen molar-refractivity contribution in [2.24, 2.45) is 5.73 Å². The molecule has 2 unspecified atom stereocenters. The molecule has 0 bridgehead atoms. The quantitative estimate of drug-likeness (QED) is 0.752. The maximum atomic E-state index is 6.14. The van der Waals surface area contributed by atoms with Crippen LogP contribution in [0.3, 0.4) is 0 Å². The molecule has 2 atom stereocenters. The van der Waals surface area contributed by atoms with Gasteiger partial charge < -0.3 is 5.73 Å². The highest BCUT2D eigenvalue weighted by atomic mass is 32.2. The third-order valence-electron chi connectivity index (χ3n) is 2.26. The Kier molecular flexibility index (Phi) is 5.60. The average molecular weight is 229 g/mol. The third kappa shape index (κ3) is 3.64. The Bertz CT molecular complexity index is 233. The summed E-state index contributed by atoms with van der Waals surface area (Å²) in [5.41, 5.74) is 6.14. The normalized spacial score (nSPS) is 15.4. The molecule has 3 heteroatoms. The summed E-state index contributed by atoms with van der Waals surface area (Å²) in [6, 6.07) is 4.62. The molecule has 2 N–H and O–H groups in total. The lowest BCUT2D eigenvalue weighted by molar-refractivity contribution is 0.567. The topological polar surface area (TPSA) is 26.0 Å². The fourth-order valence-electron chi connectivity index (χ4n) is 1.47. The van der Waals surface area contributed by atoms with Gasteiger partial charge in [0.15, 0.2) is 0 Å². The number of hydrogen-bond donors (Lipinski definition) is 1. The van der Waals surface area contributed by atoms with Crippen LogP contribution in [0.5, 0.6) is 0 Å². The Balaban J connectivity index is 2.46. The summed E-state index contributed by atoms with van der Waals surface area (Å²) < 4.78 is 1.39. The maximum Gasteiger partial charge on any atom is 0.0601 e. The van der Waals surface area contributed by atoms with Crippen molar-refractivity contribution < 1.29 is 0 Å². The Labute approximate surface area is 95.1 Å². The first-order valence-corrected chi connectivity index (χ1v) is 6.99. The van der Waals surface area contributed by atoms with Gasteiger partial charge in [-0.25, -0.2) is 0 Å². The molecule has 0 aromatic carbocycles. The molecule has 0 fully saturated rings. The second-order valence-corrected chi connectivity index (χ2v) is 5.94. The van der Waals surface area contributed by atoms with E-state index in [0.717, 1.165) is 12.8 Å². The minimum atomic E-state index is 0.345. The zero-order valence-corrected chi connectivity index (χ0v) is 10.5. The zero-order valence-electron chi connectivity index (χ0n) is 8.90. The summed E-state index contributed by atoms with van der Waals surface area (Å²) in [7, 11) is 0. The summed E-state index contributed by atoms with van der Waals surface area (Å²) in [5, 5.41) is 2.70. The summed E-state index contributed by atoms with van der Waals surface area (Å²) in [6.45, 7) is 4.42. The molecule has 80 valence electrons. The Morgan fingerprint density at radius 3 is 2.79 bits per heavy atom. The standard InChI is InChI=1S/C11H19NS2/c1-3-6-9(12)10(4-2)14-11-7-5-8-13-11/h5,7-10H,3-4,6,12H2,1-2H3. The molecule has 0 aliphatic carbocycles. The first-order valence-electron chi connectivity index (χ1n) is 5.23. The van der Waals surface area contributed by atoms with Gasteiger partial charge in [0, 0.05) is 11.3 Å². The van der Waals surface area contributed by atoms with E-state index in [1.54, 1.807) is 0 Å². The van der Waals surface area contributed by atoms with E-state index in [0.29, 0.717) is 11.3 Å². The number of hydrogen-bond acceptors (Lipinski definition) is 3. The van der Waals surface area contributed by atoms with Gasteiger partial charge in [-0.2, -0.15) is 0 Å². The van der Waals surface area contributed by atoms with Crippen LogP contribution in [0.4, 0.5) is 0 Å². The molecule has 0 aliphatic heterocycles. The minimum Gasteiger partial charge on any atom is -0.327 e. The first kappa shape index (κ1) is 12.1. The van der Waals surface area contributed by atoms with E-state index in [9.17, 15) is 0 Å². The fraction of sp³-hybridized carbons (Fsp3) is 0.636. The van der Waals surface area contributed by atoms with Crippen molar-refractivity contribution in [2.75, 3.05) is 0 Å². The lowest BCUT2D eigenvalue weighted by Crippen LogP contribution is -2.31. The monoisotopic (exact) mass is 229 g/mol. The van der Waals surface area contributed by atoms with Crippen LogP contribution < -0.4 is 5.73 Å². The van der Waals surface area contributed by atoms with Crippen LogP contribution in [-0.2, 0) is 0 Å². The van der Waals surface area contributed by atoms with Crippen LogP contribution >= 0.6 is 23.1 Å². The molecule has 1 nitrogen and oxygen atoms in total. The molecule has 0 radical (unpaired) electrons. The molecular weight excluding hydrogens is 210 g/mol. The lowest BCUT2D eigenvalue weighted by atomic mass is 10.1. The minimum absolute atomic E-state index is 0.345. The molecular formula is C11H19NS2. The molecule has 1 aromatic heterocycles. The highest BCUT2D eigenvalue weighted by Crippen LogP contribution is 2.31. The van der Waals surface area contributed by atoms with Gasteiger partial charge in [0.2, 0.25) is 0 Å². The van der Waals surface area contributed by atoms with E-state index in [-0.39, 0.29) is 0 Å². The van der Waals surface area contributed by atoms with Crippen LogP contribution in [0.25, 0.3) is 0 Å². The van der Waals surface area contributed by atoms with Gasteiger partial charge in [0.25, 0.3) is 0 Å². The van der Waals surface area contributed by atoms with Crippen molar-refractivity contribution in [3.05, 3.63) is 17.5 Å². The van der Waals surface area contributed by atoms with Crippen LogP contribution in [-0.4, -0.2) is 11.3 Å². The van der Waals surface area contributed by atoms with E-state index in [4.69, 9.17) is 5.73 Å². The molecule has 1 rings (SSSR count). The molecule has 0 spiro atoms. The van der Waals surface area contributed by atoms with E-state index in [1.165, 1.54) is 10.6 Å². The zero-order chi connectivity index (χ0) is 10.4. The van der Waals surface area contributed by atoms with Gasteiger partial charge in [-0.3, -0.25) is 0 Å².